The van der Waals surface area contributed by atoms with Gasteiger partial charge in [-0.25, -0.2) is 13.1 Å². The summed E-state index contributed by atoms with van der Waals surface area (Å²) in [5, 5.41) is 11.3. The van der Waals surface area contributed by atoms with Crippen molar-refractivity contribution in [3.05, 3.63) is 70.8 Å². The van der Waals surface area contributed by atoms with Crippen LogP contribution >= 0.6 is 11.6 Å². The van der Waals surface area contributed by atoms with Crippen molar-refractivity contribution >= 4 is 39.5 Å². The Bertz CT molecular complexity index is 935. The number of hydrogen-bond acceptors (Lipinski definition) is 5. The quantitative estimate of drug-likeness (QED) is 0.570. The second-order valence-corrected chi connectivity index (χ2v) is 7.59. The number of carboxylic acid groups (broad SMARTS) is 1. The number of halogens is 1. The summed E-state index contributed by atoms with van der Waals surface area (Å²) in [4.78, 5) is 22.7. The minimum Gasteiger partial charge on any atom is -0.548 e. The molecule has 0 aliphatic heterocycles. The number of ketones is 1. The molecule has 0 aliphatic rings. The standard InChI is InChI=1S/C18H16ClNO5S/c1-12(18(22)23)20-26(24,25)16-9-5-14(6-10-16)17(21)11-4-13-2-7-15(19)8-3-13/h2-12,20H,1H3,(H,22,23)/p-1/b11-4+/t12-/m1/s1. The molecule has 26 heavy (non-hydrogen) atoms. The number of aliphatic carboxylic acids is 1. The van der Waals surface area contributed by atoms with Gasteiger partial charge in [0.05, 0.1) is 16.9 Å². The van der Waals surface area contributed by atoms with E-state index >= 15 is 0 Å². The summed E-state index contributed by atoms with van der Waals surface area (Å²) in [7, 11) is -4.02. The summed E-state index contributed by atoms with van der Waals surface area (Å²) >= 11 is 5.79. The Labute approximate surface area is 156 Å². The van der Waals surface area contributed by atoms with Gasteiger partial charge in [0.1, 0.15) is 0 Å². The van der Waals surface area contributed by atoms with Crippen LogP contribution in [0.15, 0.2) is 59.5 Å². The minimum atomic E-state index is -4.02. The summed E-state index contributed by atoms with van der Waals surface area (Å²) in [6.07, 6.45) is 2.98. The number of nitrogens with one attached hydrogen (secondary N) is 1. The number of benzene rings is 2. The molecule has 2 rings (SSSR count). The first-order chi connectivity index (χ1) is 12.2. The molecule has 2 aromatic rings. The first-order valence-corrected chi connectivity index (χ1v) is 9.36. The molecule has 0 saturated carbocycles. The maximum absolute atomic E-state index is 12.1. The van der Waals surface area contributed by atoms with Gasteiger partial charge in [-0.15, -0.1) is 0 Å². The van der Waals surface area contributed by atoms with Gasteiger partial charge in [-0.3, -0.25) is 4.79 Å². The van der Waals surface area contributed by atoms with Crippen LogP contribution in [0.2, 0.25) is 5.02 Å². The van der Waals surface area contributed by atoms with Crippen LogP contribution < -0.4 is 9.83 Å². The van der Waals surface area contributed by atoms with Crippen LogP contribution in [0.3, 0.4) is 0 Å². The van der Waals surface area contributed by atoms with E-state index < -0.39 is 22.0 Å². The third-order valence-electron chi connectivity index (χ3n) is 3.43. The number of hydrogen-bond donors (Lipinski definition) is 1. The SMILES string of the molecule is C[C@@H](NS(=O)(=O)c1ccc(C(=O)/C=C/c2ccc(Cl)cc2)cc1)C(=O)[O-]. The van der Waals surface area contributed by atoms with E-state index in [1.165, 1.54) is 30.3 Å². The molecule has 0 saturated heterocycles. The molecule has 0 radical (unpaired) electrons. The third-order valence-corrected chi connectivity index (χ3v) is 5.24. The van der Waals surface area contributed by atoms with Gasteiger partial charge in [-0.05, 0) is 55.0 Å². The Morgan fingerprint density at radius 3 is 2.19 bits per heavy atom. The number of sulfonamides is 1. The lowest BCUT2D eigenvalue weighted by Crippen LogP contribution is -2.45. The first-order valence-electron chi connectivity index (χ1n) is 7.50. The predicted molar refractivity (Wildman–Crippen MR) is 96.0 cm³/mol. The van der Waals surface area contributed by atoms with Crippen molar-refractivity contribution in [1.29, 1.82) is 0 Å². The van der Waals surface area contributed by atoms with Crippen LogP contribution in [0.1, 0.15) is 22.8 Å². The Morgan fingerprint density at radius 1 is 1.08 bits per heavy atom. The summed E-state index contributed by atoms with van der Waals surface area (Å²) in [5.74, 6) is -1.84. The fourth-order valence-corrected chi connectivity index (χ4v) is 3.31. The molecular weight excluding hydrogens is 378 g/mol. The molecule has 0 fully saturated rings. The van der Waals surface area contributed by atoms with Crippen LogP contribution in [0.5, 0.6) is 0 Å². The van der Waals surface area contributed by atoms with Crippen molar-refractivity contribution in [2.24, 2.45) is 0 Å². The number of carbonyl (C=O) groups is 2. The van der Waals surface area contributed by atoms with Gasteiger partial charge >= 0.3 is 0 Å². The van der Waals surface area contributed by atoms with Crippen molar-refractivity contribution < 1.29 is 23.1 Å². The third kappa shape index (κ3) is 5.26. The molecule has 2 aromatic carbocycles. The van der Waals surface area contributed by atoms with Crippen LogP contribution in [0.25, 0.3) is 6.08 Å². The minimum absolute atomic E-state index is 0.149. The van der Waals surface area contributed by atoms with Gasteiger partial charge in [-0.1, -0.05) is 29.8 Å². The van der Waals surface area contributed by atoms with E-state index in [0.717, 1.165) is 12.5 Å². The fourth-order valence-electron chi connectivity index (χ4n) is 1.99. The highest BCUT2D eigenvalue weighted by atomic mass is 35.5. The molecule has 1 N–H and O–H groups in total. The Balaban J connectivity index is 2.12. The summed E-state index contributed by atoms with van der Waals surface area (Å²) < 4.78 is 26.1. The van der Waals surface area contributed by atoms with Crippen LogP contribution in [-0.2, 0) is 14.8 Å². The highest BCUT2D eigenvalue weighted by Crippen LogP contribution is 2.14. The first kappa shape index (κ1) is 19.8. The topological polar surface area (TPSA) is 103 Å². The second-order valence-electron chi connectivity index (χ2n) is 5.44. The van der Waals surface area contributed by atoms with E-state index in [9.17, 15) is 23.1 Å². The summed E-state index contributed by atoms with van der Waals surface area (Å²) in [6.45, 7) is 1.16. The van der Waals surface area contributed by atoms with E-state index in [2.05, 4.69) is 0 Å². The van der Waals surface area contributed by atoms with Crippen LogP contribution in [0, 0.1) is 0 Å². The molecule has 0 heterocycles. The molecule has 0 bridgehead atoms. The van der Waals surface area contributed by atoms with Gasteiger partial charge in [0, 0.05) is 10.6 Å². The van der Waals surface area contributed by atoms with Gasteiger partial charge in [0.25, 0.3) is 0 Å². The van der Waals surface area contributed by atoms with Crippen molar-refractivity contribution in [3.63, 3.8) is 0 Å². The zero-order valence-electron chi connectivity index (χ0n) is 13.7. The molecular formula is C18H15ClNO5S-. The monoisotopic (exact) mass is 392 g/mol. The van der Waals surface area contributed by atoms with Gasteiger partial charge < -0.3 is 9.90 Å². The number of allylic oxidation sites excluding steroid dienone is 1. The Hall–Kier alpha value is -2.48. The zero-order valence-corrected chi connectivity index (χ0v) is 15.3. The average Bonchev–Trinajstić information content (AvgIpc) is 2.60. The lowest BCUT2D eigenvalue weighted by atomic mass is 10.1. The molecule has 0 aliphatic carbocycles. The van der Waals surface area contributed by atoms with E-state index in [4.69, 9.17) is 11.6 Å². The van der Waals surface area contributed by atoms with E-state index in [0.29, 0.717) is 10.6 Å². The largest absolute Gasteiger partial charge is 0.548 e. The molecule has 0 amide bonds. The number of rotatable bonds is 7. The van der Waals surface area contributed by atoms with Crippen LogP contribution in [-0.4, -0.2) is 26.2 Å². The second kappa shape index (κ2) is 8.27. The van der Waals surface area contributed by atoms with Crippen molar-refractivity contribution in [1.82, 2.24) is 4.72 Å². The Kier molecular flexibility index (Phi) is 6.31. The van der Waals surface area contributed by atoms with Crippen molar-refractivity contribution in [2.75, 3.05) is 0 Å². The predicted octanol–water partition coefficient (Wildman–Crippen LogP) is 1.65. The Morgan fingerprint density at radius 2 is 1.65 bits per heavy atom. The van der Waals surface area contributed by atoms with Crippen LogP contribution in [0.4, 0.5) is 0 Å². The van der Waals surface area contributed by atoms with E-state index in [1.54, 1.807) is 30.3 Å². The lowest BCUT2D eigenvalue weighted by molar-refractivity contribution is -0.307. The maximum atomic E-state index is 12.1. The van der Waals surface area contributed by atoms with Gasteiger partial charge in [0.2, 0.25) is 10.0 Å². The average molecular weight is 393 g/mol. The smallest absolute Gasteiger partial charge is 0.241 e. The fraction of sp³-hybridized carbons (Fsp3) is 0.111. The van der Waals surface area contributed by atoms with Gasteiger partial charge in [-0.2, -0.15) is 0 Å². The van der Waals surface area contributed by atoms with E-state index in [-0.39, 0.29) is 10.7 Å². The molecule has 6 nitrogen and oxygen atoms in total. The lowest BCUT2D eigenvalue weighted by Gasteiger charge is -2.14. The van der Waals surface area contributed by atoms with Gasteiger partial charge in [0.15, 0.2) is 5.78 Å². The molecule has 136 valence electrons. The van der Waals surface area contributed by atoms with Crippen molar-refractivity contribution in [3.8, 4) is 0 Å². The van der Waals surface area contributed by atoms with E-state index in [1.807, 2.05) is 4.72 Å². The highest BCUT2D eigenvalue weighted by Gasteiger charge is 2.18. The number of carboxylic acids is 1. The highest BCUT2D eigenvalue weighted by molar-refractivity contribution is 7.89. The van der Waals surface area contributed by atoms with Crippen molar-refractivity contribution in [2.45, 2.75) is 17.9 Å². The molecule has 8 heteroatoms. The normalized spacial score (nSPS) is 12.8. The maximum Gasteiger partial charge on any atom is 0.241 e. The summed E-state index contributed by atoms with van der Waals surface area (Å²) in [6, 6.07) is 10.7. The molecule has 0 unspecified atom stereocenters. The molecule has 1 atom stereocenters. The molecule has 0 spiro atoms. The summed E-state index contributed by atoms with van der Waals surface area (Å²) in [5.41, 5.74) is 1.09. The molecule has 0 aromatic heterocycles. The number of carbonyl (C=O) groups excluding carboxylic acids is 2. The zero-order chi connectivity index (χ0) is 19.3.